The van der Waals surface area contributed by atoms with Crippen LogP contribution in [0.5, 0.6) is 0 Å². The average molecular weight is 426 g/mol. The lowest BCUT2D eigenvalue weighted by Gasteiger charge is -2.19. The Morgan fingerprint density at radius 1 is 1.00 bits per heavy atom. The molecule has 0 spiro atoms. The SMILES string of the molecule is Cc1ccc(S(=O)(=O)N(C)CC(=O)Nc2cccc(N(C)S(C)(=O)=O)c2)cc1. The number of aryl methyl sites for hydroxylation is 1. The van der Waals surface area contributed by atoms with Crippen LogP contribution < -0.4 is 9.62 Å². The van der Waals surface area contributed by atoms with E-state index in [0.29, 0.717) is 11.4 Å². The molecule has 2 rings (SSSR count). The lowest BCUT2D eigenvalue weighted by Crippen LogP contribution is -2.35. The van der Waals surface area contributed by atoms with Crippen molar-refractivity contribution in [2.75, 3.05) is 36.5 Å². The maximum absolute atomic E-state index is 12.6. The molecule has 0 aromatic heterocycles. The van der Waals surface area contributed by atoms with Crippen molar-refractivity contribution in [3.8, 4) is 0 Å². The average Bonchev–Trinajstić information content (AvgIpc) is 2.60. The minimum absolute atomic E-state index is 0.102. The number of hydrogen-bond donors (Lipinski definition) is 1. The molecule has 0 radical (unpaired) electrons. The summed E-state index contributed by atoms with van der Waals surface area (Å²) in [4.78, 5) is 12.4. The molecule has 0 heterocycles. The number of likely N-dealkylation sites (N-methyl/N-ethyl adjacent to an activating group) is 1. The van der Waals surface area contributed by atoms with E-state index in [1.807, 2.05) is 6.92 Å². The van der Waals surface area contributed by atoms with Gasteiger partial charge in [0.05, 0.1) is 23.4 Å². The Bertz CT molecular complexity index is 1060. The summed E-state index contributed by atoms with van der Waals surface area (Å²) in [6.45, 7) is 1.46. The van der Waals surface area contributed by atoms with Gasteiger partial charge in [-0.25, -0.2) is 16.8 Å². The molecule has 8 nitrogen and oxygen atoms in total. The second-order valence-electron chi connectivity index (χ2n) is 6.40. The lowest BCUT2D eigenvalue weighted by atomic mass is 10.2. The van der Waals surface area contributed by atoms with Crippen LogP contribution in [0.1, 0.15) is 5.56 Å². The zero-order chi connectivity index (χ0) is 21.1. The van der Waals surface area contributed by atoms with Crippen LogP contribution in [0.4, 0.5) is 11.4 Å². The van der Waals surface area contributed by atoms with Gasteiger partial charge in [0, 0.05) is 19.8 Å². The Morgan fingerprint density at radius 3 is 2.18 bits per heavy atom. The van der Waals surface area contributed by atoms with Crippen molar-refractivity contribution in [2.24, 2.45) is 0 Å². The van der Waals surface area contributed by atoms with Gasteiger partial charge in [-0.15, -0.1) is 0 Å². The van der Waals surface area contributed by atoms with E-state index in [0.717, 1.165) is 20.4 Å². The Kier molecular flexibility index (Phi) is 6.48. The molecule has 0 aliphatic rings. The number of amides is 1. The monoisotopic (exact) mass is 425 g/mol. The molecule has 0 aliphatic heterocycles. The second kappa shape index (κ2) is 8.29. The highest BCUT2D eigenvalue weighted by Crippen LogP contribution is 2.20. The van der Waals surface area contributed by atoms with Gasteiger partial charge in [0.15, 0.2) is 0 Å². The molecule has 0 saturated heterocycles. The first-order chi connectivity index (χ1) is 12.9. The van der Waals surface area contributed by atoms with Gasteiger partial charge in [0.25, 0.3) is 0 Å². The first-order valence-electron chi connectivity index (χ1n) is 8.28. The van der Waals surface area contributed by atoms with Crippen molar-refractivity contribution in [1.82, 2.24) is 4.31 Å². The predicted molar refractivity (Wildman–Crippen MR) is 109 cm³/mol. The van der Waals surface area contributed by atoms with E-state index in [4.69, 9.17) is 0 Å². The van der Waals surface area contributed by atoms with Gasteiger partial charge in [-0.1, -0.05) is 23.8 Å². The number of rotatable bonds is 7. The molecular weight excluding hydrogens is 402 g/mol. The van der Waals surface area contributed by atoms with Gasteiger partial charge in [-0.05, 0) is 37.3 Å². The van der Waals surface area contributed by atoms with Crippen LogP contribution in [0.25, 0.3) is 0 Å². The van der Waals surface area contributed by atoms with Gasteiger partial charge in [0.2, 0.25) is 26.0 Å². The standard InChI is InChI=1S/C18H23N3O5S2/c1-14-8-10-17(11-9-14)28(25,26)20(2)13-18(22)19-15-6-5-7-16(12-15)21(3)27(4,23)24/h5-12H,13H2,1-4H3,(H,19,22). The van der Waals surface area contributed by atoms with Crippen molar-refractivity contribution in [2.45, 2.75) is 11.8 Å². The maximum Gasteiger partial charge on any atom is 0.243 e. The summed E-state index contributed by atoms with van der Waals surface area (Å²) in [6, 6.07) is 12.6. The van der Waals surface area contributed by atoms with E-state index >= 15 is 0 Å². The smallest absolute Gasteiger partial charge is 0.243 e. The van der Waals surface area contributed by atoms with Gasteiger partial charge >= 0.3 is 0 Å². The minimum Gasteiger partial charge on any atom is -0.325 e. The largest absolute Gasteiger partial charge is 0.325 e. The van der Waals surface area contributed by atoms with E-state index < -0.39 is 26.0 Å². The zero-order valence-electron chi connectivity index (χ0n) is 16.1. The van der Waals surface area contributed by atoms with E-state index in [-0.39, 0.29) is 11.4 Å². The minimum atomic E-state index is -3.80. The van der Waals surface area contributed by atoms with Crippen LogP contribution in [0.15, 0.2) is 53.4 Å². The molecule has 10 heteroatoms. The Balaban J connectivity index is 2.10. The number of sulfonamides is 2. The fourth-order valence-electron chi connectivity index (χ4n) is 2.35. The molecule has 28 heavy (non-hydrogen) atoms. The molecule has 0 bridgehead atoms. The highest BCUT2D eigenvalue weighted by atomic mass is 32.2. The summed E-state index contributed by atoms with van der Waals surface area (Å²) < 4.78 is 50.4. The van der Waals surface area contributed by atoms with Gasteiger partial charge in [-0.3, -0.25) is 9.10 Å². The fraction of sp³-hybridized carbons (Fsp3) is 0.278. The summed E-state index contributed by atoms with van der Waals surface area (Å²) in [5, 5.41) is 2.59. The quantitative estimate of drug-likeness (QED) is 0.726. The number of nitrogens with one attached hydrogen (secondary N) is 1. The van der Waals surface area contributed by atoms with Crippen molar-refractivity contribution in [3.63, 3.8) is 0 Å². The van der Waals surface area contributed by atoms with Crippen molar-refractivity contribution in [3.05, 3.63) is 54.1 Å². The first-order valence-corrected chi connectivity index (χ1v) is 11.6. The topological polar surface area (TPSA) is 104 Å². The van der Waals surface area contributed by atoms with E-state index in [2.05, 4.69) is 5.32 Å². The van der Waals surface area contributed by atoms with Crippen LogP contribution in [0, 0.1) is 6.92 Å². The van der Waals surface area contributed by atoms with Crippen LogP contribution in [0.3, 0.4) is 0 Å². The summed E-state index contributed by atoms with van der Waals surface area (Å²) in [5.41, 5.74) is 1.67. The Morgan fingerprint density at radius 2 is 1.61 bits per heavy atom. The summed E-state index contributed by atoms with van der Waals surface area (Å²) in [6.07, 6.45) is 1.07. The third-order valence-electron chi connectivity index (χ3n) is 4.09. The molecule has 0 saturated carbocycles. The maximum atomic E-state index is 12.6. The molecule has 0 unspecified atom stereocenters. The summed E-state index contributed by atoms with van der Waals surface area (Å²) in [7, 11) is -4.52. The fourth-order valence-corrected chi connectivity index (χ4v) is 3.97. The van der Waals surface area contributed by atoms with E-state index in [1.165, 1.54) is 32.3 Å². The zero-order valence-corrected chi connectivity index (χ0v) is 17.7. The first kappa shape index (κ1) is 21.9. The van der Waals surface area contributed by atoms with E-state index in [1.54, 1.807) is 30.3 Å². The van der Waals surface area contributed by atoms with Crippen molar-refractivity contribution < 1.29 is 21.6 Å². The summed E-state index contributed by atoms with van der Waals surface area (Å²) in [5.74, 6) is -0.544. The predicted octanol–water partition coefficient (Wildman–Crippen LogP) is 1.65. The molecule has 2 aromatic carbocycles. The highest BCUT2D eigenvalue weighted by Gasteiger charge is 2.23. The number of benzene rings is 2. The molecule has 1 amide bonds. The van der Waals surface area contributed by atoms with Gasteiger partial charge in [-0.2, -0.15) is 4.31 Å². The molecular formula is C18H23N3O5S2. The molecule has 1 N–H and O–H groups in total. The van der Waals surface area contributed by atoms with Crippen LogP contribution in [-0.2, 0) is 24.8 Å². The van der Waals surface area contributed by atoms with Crippen LogP contribution in [-0.4, -0.2) is 53.9 Å². The Labute approximate surface area is 165 Å². The number of anilines is 2. The number of carbonyl (C=O) groups is 1. The Hall–Kier alpha value is -2.43. The van der Waals surface area contributed by atoms with Gasteiger partial charge in [0.1, 0.15) is 0 Å². The van der Waals surface area contributed by atoms with Gasteiger partial charge < -0.3 is 5.32 Å². The molecule has 0 atom stereocenters. The molecule has 0 aliphatic carbocycles. The third-order valence-corrected chi connectivity index (χ3v) is 7.11. The normalized spacial score (nSPS) is 12.0. The van der Waals surface area contributed by atoms with Crippen LogP contribution in [0.2, 0.25) is 0 Å². The highest BCUT2D eigenvalue weighted by molar-refractivity contribution is 7.92. The van der Waals surface area contributed by atoms with E-state index in [9.17, 15) is 21.6 Å². The molecule has 0 fully saturated rings. The van der Waals surface area contributed by atoms with Crippen molar-refractivity contribution >= 4 is 37.3 Å². The second-order valence-corrected chi connectivity index (χ2v) is 10.5. The summed E-state index contributed by atoms with van der Waals surface area (Å²) >= 11 is 0. The number of hydrogen-bond acceptors (Lipinski definition) is 5. The van der Waals surface area contributed by atoms with Crippen LogP contribution >= 0.6 is 0 Å². The lowest BCUT2D eigenvalue weighted by molar-refractivity contribution is -0.116. The molecule has 152 valence electrons. The number of nitrogens with zero attached hydrogens (tertiary/aromatic N) is 2. The third kappa shape index (κ3) is 5.31. The number of carbonyl (C=O) groups excluding carboxylic acids is 1. The van der Waals surface area contributed by atoms with Crippen molar-refractivity contribution in [1.29, 1.82) is 0 Å². The molecule has 2 aromatic rings.